The van der Waals surface area contributed by atoms with Crippen molar-refractivity contribution in [3.05, 3.63) is 27.7 Å². The minimum Gasteiger partial charge on any atom is -0.398 e. The third-order valence-electron chi connectivity index (χ3n) is 3.68. The lowest BCUT2D eigenvalue weighted by atomic mass is 10.0. The van der Waals surface area contributed by atoms with Crippen molar-refractivity contribution >= 4 is 39.3 Å². The molecule has 2 aliphatic heterocycles. The summed E-state index contributed by atoms with van der Waals surface area (Å²) in [6, 6.07) is 2.84. The Balaban J connectivity index is 1.94. The number of rotatable bonds is 1. The van der Waals surface area contributed by atoms with Crippen LogP contribution < -0.4 is 11.1 Å². The van der Waals surface area contributed by atoms with Crippen LogP contribution in [0.2, 0.25) is 0 Å². The summed E-state index contributed by atoms with van der Waals surface area (Å²) in [7, 11) is 0. The highest BCUT2D eigenvalue weighted by Gasteiger charge is 2.40. The number of halogens is 1. The second kappa shape index (κ2) is 4.59. The van der Waals surface area contributed by atoms with E-state index in [9.17, 15) is 14.4 Å². The molecular formula is C13H12BrN3O3. The molecule has 20 heavy (non-hydrogen) atoms. The molecule has 0 radical (unpaired) electrons. The van der Waals surface area contributed by atoms with Crippen LogP contribution in [0, 0.1) is 0 Å². The molecule has 1 atom stereocenters. The molecule has 0 bridgehead atoms. The topological polar surface area (TPSA) is 92.5 Å². The highest BCUT2D eigenvalue weighted by atomic mass is 79.9. The Hall–Kier alpha value is -1.89. The number of nitrogens with two attached hydrogens (primary N) is 1. The van der Waals surface area contributed by atoms with Crippen LogP contribution in [-0.2, 0) is 16.1 Å². The van der Waals surface area contributed by atoms with Gasteiger partial charge in [-0.2, -0.15) is 0 Å². The van der Waals surface area contributed by atoms with E-state index < -0.39 is 11.9 Å². The molecule has 1 aromatic rings. The molecule has 7 heteroatoms. The molecule has 0 spiro atoms. The zero-order valence-corrected chi connectivity index (χ0v) is 12.1. The van der Waals surface area contributed by atoms with Gasteiger partial charge in [-0.05, 0) is 18.6 Å². The molecule has 2 heterocycles. The van der Waals surface area contributed by atoms with Crippen molar-refractivity contribution < 1.29 is 14.4 Å². The SMILES string of the molecule is Nc1ccc(Br)c2c1C(=O)N(C1CCC(=O)NC1=O)C2. The number of nitrogens with one attached hydrogen (secondary N) is 1. The number of nitrogen functional groups attached to an aromatic ring is 1. The van der Waals surface area contributed by atoms with Gasteiger partial charge in [0.2, 0.25) is 11.8 Å². The number of piperidine rings is 1. The standard InChI is InChI=1S/C13H12BrN3O3/c14-7-1-2-8(15)11-6(7)5-17(13(11)20)9-3-4-10(18)16-12(9)19/h1-2,9H,3-5,15H2,(H,16,18,19). The Labute approximate surface area is 123 Å². The maximum Gasteiger partial charge on any atom is 0.257 e. The minimum atomic E-state index is -0.612. The number of benzene rings is 1. The summed E-state index contributed by atoms with van der Waals surface area (Å²) in [5, 5.41) is 2.27. The van der Waals surface area contributed by atoms with E-state index in [1.54, 1.807) is 12.1 Å². The van der Waals surface area contributed by atoms with E-state index in [4.69, 9.17) is 5.73 Å². The van der Waals surface area contributed by atoms with E-state index >= 15 is 0 Å². The van der Waals surface area contributed by atoms with E-state index in [1.165, 1.54) is 4.90 Å². The van der Waals surface area contributed by atoms with Gasteiger partial charge in [-0.15, -0.1) is 0 Å². The smallest absolute Gasteiger partial charge is 0.257 e. The van der Waals surface area contributed by atoms with Crippen molar-refractivity contribution in [2.75, 3.05) is 5.73 Å². The minimum absolute atomic E-state index is 0.243. The van der Waals surface area contributed by atoms with Crippen molar-refractivity contribution in [3.63, 3.8) is 0 Å². The highest BCUT2D eigenvalue weighted by Crippen LogP contribution is 2.35. The van der Waals surface area contributed by atoms with Crippen molar-refractivity contribution in [1.29, 1.82) is 0 Å². The average molecular weight is 338 g/mol. The second-order valence-electron chi connectivity index (χ2n) is 4.89. The summed E-state index contributed by atoms with van der Waals surface area (Å²) >= 11 is 3.40. The van der Waals surface area contributed by atoms with Gasteiger partial charge in [-0.25, -0.2) is 0 Å². The Morgan fingerprint density at radius 1 is 1.30 bits per heavy atom. The predicted octanol–water partition coefficient (Wildman–Crippen LogP) is 0.792. The lowest BCUT2D eigenvalue weighted by molar-refractivity contribution is -0.136. The molecule has 6 nitrogen and oxygen atoms in total. The fourth-order valence-electron chi connectivity index (χ4n) is 2.66. The summed E-state index contributed by atoms with van der Waals surface area (Å²) < 4.78 is 0.796. The van der Waals surface area contributed by atoms with Crippen LogP contribution in [0.3, 0.4) is 0 Å². The van der Waals surface area contributed by atoms with Crippen LogP contribution >= 0.6 is 15.9 Å². The molecule has 1 aromatic carbocycles. The molecule has 3 amide bonds. The van der Waals surface area contributed by atoms with Gasteiger partial charge in [0.15, 0.2) is 0 Å². The van der Waals surface area contributed by atoms with E-state index in [1.807, 2.05) is 0 Å². The molecule has 1 saturated heterocycles. The molecule has 0 saturated carbocycles. The molecule has 104 valence electrons. The summed E-state index contributed by atoms with van der Waals surface area (Å²) in [4.78, 5) is 37.0. The zero-order chi connectivity index (χ0) is 14.4. The summed E-state index contributed by atoms with van der Waals surface area (Å²) in [5.74, 6) is -0.971. The highest BCUT2D eigenvalue weighted by molar-refractivity contribution is 9.10. The summed E-state index contributed by atoms with van der Waals surface area (Å²) in [6.07, 6.45) is 0.592. The van der Waals surface area contributed by atoms with E-state index in [0.717, 1.165) is 10.0 Å². The Morgan fingerprint density at radius 3 is 2.70 bits per heavy atom. The lowest BCUT2D eigenvalue weighted by Gasteiger charge is -2.29. The number of imide groups is 1. The van der Waals surface area contributed by atoms with Gasteiger partial charge in [0.25, 0.3) is 5.91 Å². The fraction of sp³-hybridized carbons (Fsp3) is 0.308. The number of nitrogens with zero attached hydrogens (tertiary/aromatic N) is 1. The molecule has 1 fully saturated rings. The molecular weight excluding hydrogens is 326 g/mol. The van der Waals surface area contributed by atoms with Gasteiger partial charge in [0.1, 0.15) is 6.04 Å². The number of hydrogen-bond donors (Lipinski definition) is 2. The first-order chi connectivity index (χ1) is 9.49. The molecule has 3 N–H and O–H groups in total. The van der Waals surface area contributed by atoms with Gasteiger partial charge < -0.3 is 10.6 Å². The van der Waals surface area contributed by atoms with Crippen molar-refractivity contribution in [3.8, 4) is 0 Å². The summed E-state index contributed by atoms with van der Waals surface area (Å²) in [5.41, 5.74) is 7.50. The van der Waals surface area contributed by atoms with E-state index in [2.05, 4.69) is 21.2 Å². The number of amides is 3. The average Bonchev–Trinajstić information content (AvgIpc) is 2.73. The normalized spacial score (nSPS) is 21.9. The van der Waals surface area contributed by atoms with E-state index in [-0.39, 0.29) is 18.2 Å². The molecule has 3 rings (SSSR count). The van der Waals surface area contributed by atoms with Gasteiger partial charge >= 0.3 is 0 Å². The zero-order valence-electron chi connectivity index (χ0n) is 10.5. The maximum atomic E-state index is 12.5. The van der Waals surface area contributed by atoms with Crippen molar-refractivity contribution in [2.24, 2.45) is 0 Å². The Morgan fingerprint density at radius 2 is 2.05 bits per heavy atom. The van der Waals surface area contributed by atoms with E-state index in [0.29, 0.717) is 24.2 Å². The summed E-state index contributed by atoms with van der Waals surface area (Å²) in [6.45, 7) is 0.325. The third-order valence-corrected chi connectivity index (χ3v) is 4.42. The van der Waals surface area contributed by atoms with Crippen LogP contribution in [-0.4, -0.2) is 28.7 Å². The quantitative estimate of drug-likeness (QED) is 0.585. The number of carbonyl (C=O) groups excluding carboxylic acids is 3. The van der Waals surface area contributed by atoms with Gasteiger partial charge in [-0.1, -0.05) is 15.9 Å². The van der Waals surface area contributed by atoms with Gasteiger partial charge in [0, 0.05) is 28.7 Å². The largest absolute Gasteiger partial charge is 0.398 e. The molecule has 2 aliphatic rings. The molecule has 1 unspecified atom stereocenters. The van der Waals surface area contributed by atoms with Crippen LogP contribution in [0.25, 0.3) is 0 Å². The van der Waals surface area contributed by atoms with Crippen LogP contribution in [0.5, 0.6) is 0 Å². The monoisotopic (exact) mass is 337 g/mol. The lowest BCUT2D eigenvalue weighted by Crippen LogP contribution is -2.52. The van der Waals surface area contributed by atoms with Crippen molar-refractivity contribution in [1.82, 2.24) is 10.2 Å². The third kappa shape index (κ3) is 1.89. The van der Waals surface area contributed by atoms with Gasteiger partial charge in [0.05, 0.1) is 5.56 Å². The van der Waals surface area contributed by atoms with Crippen LogP contribution in [0.1, 0.15) is 28.8 Å². The number of carbonyl (C=O) groups is 3. The molecule has 0 aliphatic carbocycles. The van der Waals surface area contributed by atoms with Gasteiger partial charge in [-0.3, -0.25) is 19.7 Å². The first-order valence-corrected chi connectivity index (χ1v) is 7.00. The first kappa shape index (κ1) is 13.1. The molecule has 0 aromatic heterocycles. The van der Waals surface area contributed by atoms with Crippen molar-refractivity contribution in [2.45, 2.75) is 25.4 Å². The Kier molecular flexibility index (Phi) is 3.01. The maximum absolute atomic E-state index is 12.5. The number of hydrogen-bond acceptors (Lipinski definition) is 4. The number of anilines is 1. The second-order valence-corrected chi connectivity index (χ2v) is 5.74. The fourth-order valence-corrected chi connectivity index (χ4v) is 3.12. The number of fused-ring (bicyclic) bond motifs is 1. The first-order valence-electron chi connectivity index (χ1n) is 6.20. The van der Waals surface area contributed by atoms with Crippen LogP contribution in [0.15, 0.2) is 16.6 Å². The van der Waals surface area contributed by atoms with Crippen LogP contribution in [0.4, 0.5) is 5.69 Å². The Bertz CT molecular complexity index is 644. The predicted molar refractivity (Wildman–Crippen MR) is 74.6 cm³/mol.